The fourth-order valence-electron chi connectivity index (χ4n) is 3.41. The Kier molecular flexibility index (Phi) is 3.26. The summed E-state index contributed by atoms with van der Waals surface area (Å²) in [6, 6.07) is 18.7. The molecule has 2 aliphatic heterocycles. The fraction of sp³-hybridized carbons (Fsp3) is 0.222. The predicted octanol–water partition coefficient (Wildman–Crippen LogP) is 3.34. The monoisotopic (exact) mass is 308 g/mol. The van der Waals surface area contributed by atoms with Crippen LogP contribution in [0.15, 0.2) is 64.6 Å². The highest BCUT2D eigenvalue weighted by Crippen LogP contribution is 2.44. The summed E-state index contributed by atoms with van der Waals surface area (Å²) in [5.41, 5.74) is 5.70. The number of hydrazone groups is 1. The minimum atomic E-state index is -0.316. The largest absolute Gasteiger partial charge is 0.273 e. The lowest BCUT2D eigenvalue weighted by atomic mass is 9.69. The summed E-state index contributed by atoms with van der Waals surface area (Å²) in [7, 11) is 0. The maximum absolute atomic E-state index is 12.1. The summed E-state index contributed by atoms with van der Waals surface area (Å²) in [5.74, 6) is 0.982. The third-order valence-electron chi connectivity index (χ3n) is 4.46. The Hall–Kier alpha value is -2.07. The van der Waals surface area contributed by atoms with Gasteiger partial charge in [-0.25, -0.2) is 5.43 Å². The Morgan fingerprint density at radius 2 is 1.82 bits per heavy atom. The summed E-state index contributed by atoms with van der Waals surface area (Å²) in [5, 5.41) is 4.49. The average molecular weight is 308 g/mol. The number of hydrogen-bond acceptors (Lipinski definition) is 3. The van der Waals surface area contributed by atoms with E-state index in [-0.39, 0.29) is 11.3 Å². The standard InChI is InChI=1S/C18H16N2OS/c21-16-12-18(13-6-2-1-3-7-13)10-11-22-15-9-5-4-8-14(15)17(18)20-19-16/h1-9H,10-12H2,(H,19,21). The van der Waals surface area contributed by atoms with Crippen molar-refractivity contribution in [3.05, 3.63) is 65.7 Å². The van der Waals surface area contributed by atoms with Crippen molar-refractivity contribution in [2.45, 2.75) is 23.2 Å². The first-order chi connectivity index (χ1) is 10.8. The van der Waals surface area contributed by atoms with Gasteiger partial charge in [0.1, 0.15) is 0 Å². The maximum Gasteiger partial charge on any atom is 0.241 e. The molecule has 0 saturated heterocycles. The lowest BCUT2D eigenvalue weighted by molar-refractivity contribution is -0.122. The summed E-state index contributed by atoms with van der Waals surface area (Å²) in [4.78, 5) is 13.3. The smallest absolute Gasteiger partial charge is 0.241 e. The molecule has 110 valence electrons. The number of benzene rings is 2. The van der Waals surface area contributed by atoms with Crippen LogP contribution < -0.4 is 5.43 Å². The van der Waals surface area contributed by atoms with Crippen molar-refractivity contribution in [1.82, 2.24) is 5.43 Å². The van der Waals surface area contributed by atoms with E-state index >= 15 is 0 Å². The molecule has 22 heavy (non-hydrogen) atoms. The number of carbonyl (C=O) groups excluding carboxylic acids is 1. The third kappa shape index (κ3) is 2.06. The number of carbonyl (C=O) groups is 1. The van der Waals surface area contributed by atoms with E-state index in [1.54, 1.807) is 0 Å². The van der Waals surface area contributed by atoms with Gasteiger partial charge in [-0.15, -0.1) is 11.8 Å². The zero-order valence-electron chi connectivity index (χ0n) is 12.1. The highest BCUT2D eigenvalue weighted by Gasteiger charge is 2.44. The normalized spacial score (nSPS) is 23.6. The molecule has 2 aromatic rings. The van der Waals surface area contributed by atoms with E-state index in [2.05, 4.69) is 40.9 Å². The molecule has 2 aliphatic rings. The Bertz CT molecular complexity index is 757. The van der Waals surface area contributed by atoms with Gasteiger partial charge in [0, 0.05) is 22.3 Å². The first kappa shape index (κ1) is 13.6. The quantitative estimate of drug-likeness (QED) is 0.878. The van der Waals surface area contributed by atoms with E-state index in [4.69, 9.17) is 0 Å². The molecule has 4 heteroatoms. The fourth-order valence-corrected chi connectivity index (χ4v) is 4.58. The maximum atomic E-state index is 12.1. The van der Waals surface area contributed by atoms with Crippen LogP contribution in [0.1, 0.15) is 24.0 Å². The van der Waals surface area contributed by atoms with Crippen LogP contribution in [-0.2, 0) is 10.2 Å². The Morgan fingerprint density at radius 1 is 1.05 bits per heavy atom. The summed E-state index contributed by atoms with van der Waals surface area (Å²) >= 11 is 1.85. The van der Waals surface area contributed by atoms with Crippen LogP contribution in [-0.4, -0.2) is 17.4 Å². The van der Waals surface area contributed by atoms with E-state index in [9.17, 15) is 4.79 Å². The second kappa shape index (κ2) is 5.29. The summed E-state index contributed by atoms with van der Waals surface area (Å²) in [6.07, 6.45) is 1.38. The average Bonchev–Trinajstić information content (AvgIpc) is 2.72. The van der Waals surface area contributed by atoms with Crippen molar-refractivity contribution >= 4 is 23.4 Å². The minimum Gasteiger partial charge on any atom is -0.273 e. The van der Waals surface area contributed by atoms with Gasteiger partial charge in [-0.3, -0.25) is 4.79 Å². The summed E-state index contributed by atoms with van der Waals surface area (Å²) < 4.78 is 0. The van der Waals surface area contributed by atoms with Crippen molar-refractivity contribution in [1.29, 1.82) is 0 Å². The Labute approximate surface area is 133 Å². The van der Waals surface area contributed by atoms with Gasteiger partial charge in [0.15, 0.2) is 0 Å². The van der Waals surface area contributed by atoms with Crippen molar-refractivity contribution in [2.75, 3.05) is 5.75 Å². The van der Waals surface area contributed by atoms with Gasteiger partial charge < -0.3 is 0 Å². The highest BCUT2D eigenvalue weighted by atomic mass is 32.2. The van der Waals surface area contributed by atoms with Crippen molar-refractivity contribution in [2.24, 2.45) is 5.10 Å². The van der Waals surface area contributed by atoms with Gasteiger partial charge in [-0.05, 0) is 23.8 Å². The van der Waals surface area contributed by atoms with Crippen LogP contribution in [0.4, 0.5) is 0 Å². The lowest BCUT2D eigenvalue weighted by Gasteiger charge is -2.36. The molecule has 0 aliphatic carbocycles. The van der Waals surface area contributed by atoms with Gasteiger partial charge in [0.25, 0.3) is 0 Å². The molecular weight excluding hydrogens is 292 g/mol. The number of nitrogens with zero attached hydrogens (tertiary/aromatic N) is 1. The summed E-state index contributed by atoms with van der Waals surface area (Å²) in [6.45, 7) is 0. The highest BCUT2D eigenvalue weighted by molar-refractivity contribution is 7.99. The van der Waals surface area contributed by atoms with E-state index in [1.165, 1.54) is 10.5 Å². The minimum absolute atomic E-state index is 0.00279. The molecule has 2 aromatic carbocycles. The predicted molar refractivity (Wildman–Crippen MR) is 89.2 cm³/mol. The number of thioether (sulfide) groups is 1. The van der Waals surface area contributed by atoms with Gasteiger partial charge in [-0.1, -0.05) is 48.5 Å². The van der Waals surface area contributed by atoms with E-state index in [0.717, 1.165) is 23.4 Å². The molecule has 1 amide bonds. The molecule has 2 heterocycles. The van der Waals surface area contributed by atoms with Crippen LogP contribution in [0.25, 0.3) is 0 Å². The van der Waals surface area contributed by atoms with Crippen LogP contribution in [0.5, 0.6) is 0 Å². The zero-order chi connectivity index (χ0) is 15.0. The molecule has 1 N–H and O–H groups in total. The van der Waals surface area contributed by atoms with E-state index in [0.29, 0.717) is 6.42 Å². The molecule has 0 aromatic heterocycles. The molecule has 0 fully saturated rings. The van der Waals surface area contributed by atoms with Gasteiger partial charge in [-0.2, -0.15) is 5.10 Å². The molecule has 1 atom stereocenters. The SMILES string of the molecule is O=C1CC2(c3ccccc3)CCSc3ccccc3C2=NN1. The first-order valence-corrected chi connectivity index (χ1v) is 8.43. The molecule has 0 bridgehead atoms. The number of amides is 1. The molecule has 0 spiro atoms. The van der Waals surface area contributed by atoms with Crippen LogP contribution in [0, 0.1) is 0 Å². The number of hydrogen-bond donors (Lipinski definition) is 1. The van der Waals surface area contributed by atoms with Crippen LogP contribution in [0.2, 0.25) is 0 Å². The number of rotatable bonds is 1. The van der Waals surface area contributed by atoms with Crippen molar-refractivity contribution in [3.63, 3.8) is 0 Å². The van der Waals surface area contributed by atoms with Gasteiger partial charge in [0.2, 0.25) is 5.91 Å². The molecule has 0 saturated carbocycles. The second-order valence-electron chi connectivity index (χ2n) is 5.71. The molecular formula is C18H16N2OS. The number of nitrogens with one attached hydrogen (secondary N) is 1. The Balaban J connectivity index is 1.96. The van der Waals surface area contributed by atoms with Crippen molar-refractivity contribution in [3.8, 4) is 0 Å². The third-order valence-corrected chi connectivity index (χ3v) is 5.54. The second-order valence-corrected chi connectivity index (χ2v) is 6.85. The zero-order valence-corrected chi connectivity index (χ0v) is 12.9. The lowest BCUT2D eigenvalue weighted by Crippen LogP contribution is -2.46. The number of fused-ring (bicyclic) bond motifs is 3. The molecule has 4 rings (SSSR count). The molecule has 0 radical (unpaired) electrons. The van der Waals surface area contributed by atoms with Gasteiger partial charge in [0.05, 0.1) is 5.71 Å². The van der Waals surface area contributed by atoms with E-state index < -0.39 is 0 Å². The van der Waals surface area contributed by atoms with Gasteiger partial charge >= 0.3 is 0 Å². The van der Waals surface area contributed by atoms with Crippen LogP contribution >= 0.6 is 11.8 Å². The van der Waals surface area contributed by atoms with E-state index in [1.807, 2.05) is 36.0 Å². The Morgan fingerprint density at radius 3 is 2.68 bits per heavy atom. The van der Waals surface area contributed by atoms with Crippen LogP contribution in [0.3, 0.4) is 0 Å². The topological polar surface area (TPSA) is 41.5 Å². The first-order valence-electron chi connectivity index (χ1n) is 7.44. The molecule has 3 nitrogen and oxygen atoms in total. The molecule has 1 unspecified atom stereocenters. The van der Waals surface area contributed by atoms with Crippen molar-refractivity contribution < 1.29 is 4.79 Å².